The van der Waals surface area contributed by atoms with Gasteiger partial charge in [-0.15, -0.1) is 0 Å². The summed E-state index contributed by atoms with van der Waals surface area (Å²) in [6, 6.07) is 11.4. The van der Waals surface area contributed by atoms with Crippen molar-refractivity contribution in [2.45, 2.75) is 0 Å². The number of halogens is 1. The van der Waals surface area contributed by atoms with Crippen LogP contribution in [0.3, 0.4) is 0 Å². The van der Waals surface area contributed by atoms with Gasteiger partial charge in [0.15, 0.2) is 5.69 Å². The van der Waals surface area contributed by atoms with Gasteiger partial charge in [-0.3, -0.25) is 14.4 Å². The molecule has 3 rings (SSSR count). The minimum Gasteiger partial charge on any atom is -0.494 e. The summed E-state index contributed by atoms with van der Waals surface area (Å²) in [7, 11) is 3.20. The van der Waals surface area contributed by atoms with Gasteiger partial charge in [0.05, 0.1) is 29.7 Å². The Balaban J connectivity index is 1.72. The number of H-pyrrole nitrogens is 1. The Morgan fingerprint density at radius 1 is 1.03 bits per heavy atom. The molecular weight excluding hydrogens is 448 g/mol. The highest BCUT2D eigenvalue weighted by Crippen LogP contribution is 2.29. The van der Waals surface area contributed by atoms with Crippen molar-refractivity contribution in [1.82, 2.24) is 20.6 Å². The number of methoxy groups -OCH3 is 1. The van der Waals surface area contributed by atoms with Gasteiger partial charge >= 0.3 is 0 Å². The number of hydrogen-bond acceptors (Lipinski definition) is 6. The molecule has 0 aliphatic heterocycles. The zero-order chi connectivity index (χ0) is 23.8. The molecule has 0 aliphatic rings. The van der Waals surface area contributed by atoms with Crippen molar-refractivity contribution in [2.24, 2.45) is 0 Å². The molecule has 2 aromatic carbocycles. The maximum atomic E-state index is 12.7. The van der Waals surface area contributed by atoms with E-state index in [2.05, 4.69) is 31.2 Å². The highest BCUT2D eigenvalue weighted by Gasteiger charge is 2.21. The summed E-state index contributed by atoms with van der Waals surface area (Å²) in [5.41, 5.74) is 1.10. The lowest BCUT2D eigenvalue weighted by molar-refractivity contribution is 0.0935. The van der Waals surface area contributed by atoms with E-state index < -0.39 is 17.7 Å². The van der Waals surface area contributed by atoms with E-state index in [1.165, 1.54) is 13.4 Å². The second-order valence-electron chi connectivity index (χ2n) is 6.79. The Hall–Kier alpha value is -3.89. The lowest BCUT2D eigenvalue weighted by Gasteiger charge is -2.13. The Kier molecular flexibility index (Phi) is 8.01. The molecule has 1 heterocycles. The van der Waals surface area contributed by atoms with Crippen LogP contribution in [0.5, 0.6) is 5.75 Å². The molecule has 1 aromatic heterocycles. The topological polar surface area (TPSA) is 137 Å². The Labute approximate surface area is 195 Å². The quantitative estimate of drug-likeness (QED) is 0.305. The molecule has 33 heavy (non-hydrogen) atoms. The largest absolute Gasteiger partial charge is 0.494 e. The van der Waals surface area contributed by atoms with Gasteiger partial charge in [-0.2, -0.15) is 0 Å². The van der Waals surface area contributed by atoms with Crippen LogP contribution in [0.4, 0.5) is 11.4 Å². The number of carbonyl (C=O) groups is 3. The van der Waals surface area contributed by atoms with Crippen molar-refractivity contribution in [3.8, 4) is 5.75 Å². The van der Waals surface area contributed by atoms with Crippen LogP contribution in [0.1, 0.15) is 31.3 Å². The van der Waals surface area contributed by atoms with Gasteiger partial charge in [0.1, 0.15) is 11.4 Å². The van der Waals surface area contributed by atoms with Gasteiger partial charge in [-0.25, -0.2) is 4.98 Å². The van der Waals surface area contributed by atoms with E-state index in [-0.39, 0.29) is 11.4 Å². The second-order valence-corrected chi connectivity index (χ2v) is 7.20. The number of nitrogens with zero attached hydrogens (tertiary/aromatic N) is 1. The number of anilines is 2. The Morgan fingerprint density at radius 3 is 2.55 bits per heavy atom. The number of amides is 3. The SMILES string of the molecule is CNCCNC(=O)c1[nH]cnc1C(=O)Nc1ccc(NC(=O)c2ccccc2Cl)c(OC)c1. The predicted molar refractivity (Wildman–Crippen MR) is 125 cm³/mol. The summed E-state index contributed by atoms with van der Waals surface area (Å²) in [5, 5.41) is 11.3. The number of hydrogen-bond donors (Lipinski definition) is 5. The molecule has 0 aliphatic carbocycles. The molecule has 0 radical (unpaired) electrons. The Bertz CT molecular complexity index is 1160. The molecule has 11 heteroatoms. The van der Waals surface area contributed by atoms with Crippen molar-refractivity contribution in [2.75, 3.05) is 37.9 Å². The summed E-state index contributed by atoms with van der Waals surface area (Å²) < 4.78 is 5.35. The molecule has 0 bridgehead atoms. The van der Waals surface area contributed by atoms with Gasteiger partial charge in [-0.1, -0.05) is 23.7 Å². The number of aromatic nitrogens is 2. The third-order valence-electron chi connectivity index (χ3n) is 4.57. The van der Waals surface area contributed by atoms with Gasteiger partial charge in [0, 0.05) is 24.8 Å². The number of likely N-dealkylation sites (N-methyl/N-ethyl adjacent to an activating group) is 1. The molecule has 10 nitrogen and oxygen atoms in total. The maximum Gasteiger partial charge on any atom is 0.276 e. The molecule has 3 aromatic rings. The zero-order valence-electron chi connectivity index (χ0n) is 18.0. The highest BCUT2D eigenvalue weighted by molar-refractivity contribution is 6.34. The summed E-state index contributed by atoms with van der Waals surface area (Å²) in [6.07, 6.45) is 1.27. The van der Waals surface area contributed by atoms with E-state index in [9.17, 15) is 14.4 Å². The van der Waals surface area contributed by atoms with E-state index in [1.807, 2.05) is 0 Å². The molecule has 0 atom stereocenters. The van der Waals surface area contributed by atoms with Gasteiger partial charge in [0.2, 0.25) is 0 Å². The molecule has 0 saturated heterocycles. The number of aromatic amines is 1. The van der Waals surface area contributed by atoms with Crippen LogP contribution in [0, 0.1) is 0 Å². The molecule has 0 fully saturated rings. The number of imidazole rings is 1. The van der Waals surface area contributed by atoms with Crippen LogP contribution >= 0.6 is 11.6 Å². The fourth-order valence-corrected chi connectivity index (χ4v) is 3.15. The van der Waals surface area contributed by atoms with Crippen molar-refractivity contribution in [3.05, 3.63) is 70.8 Å². The number of benzene rings is 2. The molecule has 0 saturated carbocycles. The molecule has 5 N–H and O–H groups in total. The van der Waals surface area contributed by atoms with E-state index in [0.29, 0.717) is 40.8 Å². The number of rotatable bonds is 9. The number of nitrogens with one attached hydrogen (secondary N) is 5. The molecule has 0 spiro atoms. The predicted octanol–water partition coefficient (Wildman–Crippen LogP) is 2.53. The van der Waals surface area contributed by atoms with E-state index >= 15 is 0 Å². The van der Waals surface area contributed by atoms with Crippen molar-refractivity contribution < 1.29 is 19.1 Å². The zero-order valence-corrected chi connectivity index (χ0v) is 18.7. The standard InChI is InChI=1S/C22H23ClN6O4/c1-24-9-10-25-21(31)18-19(27-12-26-18)22(32)28-13-7-8-16(17(11-13)33-2)29-20(30)14-5-3-4-6-15(14)23/h3-8,11-12,24H,9-10H2,1-2H3,(H,25,31)(H,26,27)(H,28,32)(H,29,30). The van der Waals surface area contributed by atoms with Crippen molar-refractivity contribution in [1.29, 1.82) is 0 Å². The molecule has 3 amide bonds. The van der Waals surface area contributed by atoms with Crippen LogP contribution in [0.2, 0.25) is 5.02 Å². The fourth-order valence-electron chi connectivity index (χ4n) is 2.93. The third-order valence-corrected chi connectivity index (χ3v) is 4.90. The van der Waals surface area contributed by atoms with E-state index in [1.54, 1.807) is 49.5 Å². The first kappa shape index (κ1) is 23.8. The minimum atomic E-state index is -0.579. The lowest BCUT2D eigenvalue weighted by Crippen LogP contribution is -2.32. The fraction of sp³-hybridized carbons (Fsp3) is 0.182. The first-order valence-corrected chi connectivity index (χ1v) is 10.3. The van der Waals surface area contributed by atoms with E-state index in [4.69, 9.17) is 16.3 Å². The summed E-state index contributed by atoms with van der Waals surface area (Å²) in [5.74, 6) is -1.10. The first-order valence-electron chi connectivity index (χ1n) is 9.96. The van der Waals surface area contributed by atoms with E-state index in [0.717, 1.165) is 0 Å². The second kappa shape index (κ2) is 11.1. The van der Waals surface area contributed by atoms with Gasteiger partial charge < -0.3 is 31.0 Å². The minimum absolute atomic E-state index is 0.0491. The monoisotopic (exact) mass is 470 g/mol. The third kappa shape index (κ3) is 5.88. The lowest BCUT2D eigenvalue weighted by atomic mass is 10.2. The van der Waals surface area contributed by atoms with Crippen LogP contribution < -0.4 is 26.0 Å². The van der Waals surface area contributed by atoms with Crippen LogP contribution in [-0.4, -0.2) is 54.9 Å². The summed E-state index contributed by atoms with van der Waals surface area (Å²) in [6.45, 7) is 0.981. The molecular formula is C22H23ClN6O4. The van der Waals surface area contributed by atoms with Crippen LogP contribution in [0.15, 0.2) is 48.8 Å². The van der Waals surface area contributed by atoms with Gasteiger partial charge in [-0.05, 0) is 31.3 Å². The molecule has 0 unspecified atom stereocenters. The Morgan fingerprint density at radius 2 is 1.82 bits per heavy atom. The summed E-state index contributed by atoms with van der Waals surface area (Å²) in [4.78, 5) is 44.2. The van der Waals surface area contributed by atoms with Crippen LogP contribution in [0.25, 0.3) is 0 Å². The average Bonchev–Trinajstić information content (AvgIpc) is 3.30. The summed E-state index contributed by atoms with van der Waals surface area (Å²) >= 11 is 6.08. The van der Waals surface area contributed by atoms with Crippen molar-refractivity contribution >= 4 is 40.7 Å². The van der Waals surface area contributed by atoms with Crippen molar-refractivity contribution in [3.63, 3.8) is 0 Å². The molecule has 172 valence electrons. The smallest absolute Gasteiger partial charge is 0.276 e. The van der Waals surface area contributed by atoms with Crippen LogP contribution in [-0.2, 0) is 0 Å². The number of ether oxygens (including phenoxy) is 1. The average molecular weight is 471 g/mol. The maximum absolute atomic E-state index is 12.7. The normalized spacial score (nSPS) is 10.4. The number of carbonyl (C=O) groups excluding carboxylic acids is 3. The first-order chi connectivity index (χ1) is 15.9. The van der Waals surface area contributed by atoms with Gasteiger partial charge in [0.25, 0.3) is 17.7 Å². The highest BCUT2D eigenvalue weighted by atomic mass is 35.5.